The fraction of sp³-hybridized carbons (Fsp3) is 0.474. The van der Waals surface area contributed by atoms with Crippen LogP contribution in [0.3, 0.4) is 0 Å². The van der Waals surface area contributed by atoms with Crippen LogP contribution in [-0.4, -0.2) is 20.7 Å². The van der Waals surface area contributed by atoms with Crippen LogP contribution in [0.15, 0.2) is 24.3 Å². The molecule has 0 unspecified atom stereocenters. The van der Waals surface area contributed by atoms with E-state index in [9.17, 15) is 4.79 Å². The lowest BCUT2D eigenvalue weighted by Crippen LogP contribution is -2.29. The molecule has 2 aromatic rings. The van der Waals surface area contributed by atoms with E-state index >= 15 is 0 Å². The van der Waals surface area contributed by atoms with Crippen molar-refractivity contribution >= 4 is 5.91 Å². The number of nitrogens with one attached hydrogen (secondary N) is 1. The van der Waals surface area contributed by atoms with E-state index in [2.05, 4.69) is 26.2 Å². The lowest BCUT2D eigenvalue weighted by atomic mass is 10.1. The molecule has 6 nitrogen and oxygen atoms in total. The molecule has 0 spiro atoms. The van der Waals surface area contributed by atoms with Crippen molar-refractivity contribution in [1.29, 1.82) is 5.26 Å². The van der Waals surface area contributed by atoms with E-state index < -0.39 is 0 Å². The van der Waals surface area contributed by atoms with Crippen LogP contribution in [0.4, 0.5) is 0 Å². The summed E-state index contributed by atoms with van der Waals surface area (Å²) < 4.78 is 2.17. The molecule has 130 valence electrons. The summed E-state index contributed by atoms with van der Waals surface area (Å²) in [6.07, 6.45) is 5.54. The molecule has 1 aliphatic heterocycles. The number of benzene rings is 1. The van der Waals surface area contributed by atoms with Gasteiger partial charge < -0.3 is 9.88 Å². The SMILES string of the molecule is C[C@@H](NC(=O)CCc1ccc(C#N)cc1)c1nnc2n1CCCCC2. The van der Waals surface area contributed by atoms with E-state index in [1.165, 1.54) is 6.42 Å². The zero-order valence-electron chi connectivity index (χ0n) is 14.5. The minimum absolute atomic E-state index is 0.00262. The quantitative estimate of drug-likeness (QED) is 0.909. The van der Waals surface area contributed by atoms with Gasteiger partial charge in [-0.05, 0) is 43.9 Å². The molecule has 1 amide bonds. The minimum Gasteiger partial charge on any atom is -0.346 e. The van der Waals surface area contributed by atoms with Gasteiger partial charge in [-0.25, -0.2) is 0 Å². The van der Waals surface area contributed by atoms with Crippen LogP contribution in [-0.2, 0) is 24.2 Å². The van der Waals surface area contributed by atoms with E-state index in [1.807, 2.05) is 19.1 Å². The second-order valence-electron chi connectivity index (χ2n) is 6.53. The van der Waals surface area contributed by atoms with E-state index in [-0.39, 0.29) is 11.9 Å². The van der Waals surface area contributed by atoms with Gasteiger partial charge in [0.05, 0.1) is 17.7 Å². The number of nitriles is 1. The molecule has 1 aliphatic rings. The van der Waals surface area contributed by atoms with Gasteiger partial charge in [-0.2, -0.15) is 5.26 Å². The highest BCUT2D eigenvalue weighted by Crippen LogP contribution is 2.18. The van der Waals surface area contributed by atoms with Crippen molar-refractivity contribution in [1.82, 2.24) is 20.1 Å². The molecule has 1 N–H and O–H groups in total. The molecule has 2 heterocycles. The Hall–Kier alpha value is -2.68. The van der Waals surface area contributed by atoms with Crippen LogP contribution in [0.25, 0.3) is 0 Å². The molecule has 0 aliphatic carbocycles. The number of aryl methyl sites for hydroxylation is 2. The van der Waals surface area contributed by atoms with Crippen molar-refractivity contribution in [3.8, 4) is 6.07 Å². The maximum absolute atomic E-state index is 12.3. The number of amides is 1. The number of fused-ring (bicyclic) bond motifs is 1. The van der Waals surface area contributed by atoms with Crippen molar-refractivity contribution in [2.45, 2.75) is 58.0 Å². The summed E-state index contributed by atoms with van der Waals surface area (Å²) in [4.78, 5) is 12.3. The summed E-state index contributed by atoms with van der Waals surface area (Å²) >= 11 is 0. The van der Waals surface area contributed by atoms with Gasteiger partial charge >= 0.3 is 0 Å². The monoisotopic (exact) mass is 337 g/mol. The molecule has 25 heavy (non-hydrogen) atoms. The van der Waals surface area contributed by atoms with Gasteiger partial charge in [0.15, 0.2) is 5.82 Å². The number of nitrogens with zero attached hydrogens (tertiary/aromatic N) is 4. The zero-order valence-corrected chi connectivity index (χ0v) is 14.5. The van der Waals surface area contributed by atoms with Crippen LogP contribution in [0.5, 0.6) is 0 Å². The Morgan fingerprint density at radius 2 is 2.08 bits per heavy atom. The first-order chi connectivity index (χ1) is 12.2. The van der Waals surface area contributed by atoms with Gasteiger partial charge in [0.1, 0.15) is 5.82 Å². The summed E-state index contributed by atoms with van der Waals surface area (Å²) in [5, 5.41) is 20.4. The summed E-state index contributed by atoms with van der Waals surface area (Å²) in [6.45, 7) is 2.89. The lowest BCUT2D eigenvalue weighted by molar-refractivity contribution is -0.121. The van der Waals surface area contributed by atoms with Crippen molar-refractivity contribution in [2.75, 3.05) is 0 Å². The summed E-state index contributed by atoms with van der Waals surface area (Å²) in [5.74, 6) is 1.89. The molecule has 0 saturated carbocycles. The molecule has 1 aromatic carbocycles. The molecule has 1 atom stereocenters. The van der Waals surface area contributed by atoms with E-state index in [1.54, 1.807) is 12.1 Å². The molecule has 6 heteroatoms. The van der Waals surface area contributed by atoms with Gasteiger partial charge in [0, 0.05) is 19.4 Å². The van der Waals surface area contributed by atoms with Gasteiger partial charge in [-0.1, -0.05) is 18.6 Å². The zero-order chi connectivity index (χ0) is 17.6. The molecule has 0 saturated heterocycles. The lowest BCUT2D eigenvalue weighted by Gasteiger charge is -2.15. The van der Waals surface area contributed by atoms with E-state index in [0.29, 0.717) is 18.4 Å². The van der Waals surface area contributed by atoms with Gasteiger partial charge in [-0.3, -0.25) is 4.79 Å². The third kappa shape index (κ3) is 4.24. The number of hydrogen-bond donors (Lipinski definition) is 1. The van der Waals surface area contributed by atoms with Crippen LogP contribution in [0.1, 0.15) is 61.4 Å². The number of carbonyl (C=O) groups excluding carboxylic acids is 1. The van der Waals surface area contributed by atoms with E-state index in [4.69, 9.17) is 5.26 Å². The maximum atomic E-state index is 12.3. The Kier molecular flexibility index (Phi) is 5.44. The third-order valence-electron chi connectivity index (χ3n) is 4.63. The Morgan fingerprint density at radius 1 is 1.28 bits per heavy atom. The number of carbonyl (C=O) groups is 1. The smallest absolute Gasteiger partial charge is 0.220 e. The number of hydrogen-bond acceptors (Lipinski definition) is 4. The molecule has 1 aromatic heterocycles. The Labute approximate surface area is 147 Å². The van der Waals surface area contributed by atoms with E-state index in [0.717, 1.165) is 43.0 Å². The molecular weight excluding hydrogens is 314 g/mol. The maximum Gasteiger partial charge on any atom is 0.220 e. The molecular formula is C19H23N5O. The number of rotatable bonds is 5. The molecule has 0 radical (unpaired) electrons. The first kappa shape index (κ1) is 17.2. The Balaban J connectivity index is 1.55. The summed E-state index contributed by atoms with van der Waals surface area (Å²) in [5.41, 5.74) is 1.69. The van der Waals surface area contributed by atoms with Crippen molar-refractivity contribution < 1.29 is 4.79 Å². The van der Waals surface area contributed by atoms with Crippen LogP contribution < -0.4 is 5.32 Å². The largest absolute Gasteiger partial charge is 0.346 e. The average molecular weight is 337 g/mol. The highest BCUT2D eigenvalue weighted by atomic mass is 16.1. The first-order valence-electron chi connectivity index (χ1n) is 8.88. The summed E-state index contributed by atoms with van der Waals surface area (Å²) in [7, 11) is 0. The fourth-order valence-electron chi connectivity index (χ4n) is 3.21. The molecule has 0 fully saturated rings. The van der Waals surface area contributed by atoms with Crippen molar-refractivity contribution in [3.63, 3.8) is 0 Å². The predicted octanol–water partition coefficient (Wildman–Crippen LogP) is 2.69. The topological polar surface area (TPSA) is 83.6 Å². The second kappa shape index (κ2) is 7.93. The van der Waals surface area contributed by atoms with Crippen LogP contribution in [0, 0.1) is 11.3 Å². The average Bonchev–Trinajstić information content (AvgIpc) is 2.89. The van der Waals surface area contributed by atoms with Crippen LogP contribution in [0.2, 0.25) is 0 Å². The predicted molar refractivity (Wildman–Crippen MR) is 93.6 cm³/mol. The summed E-state index contributed by atoms with van der Waals surface area (Å²) in [6, 6.07) is 9.30. The third-order valence-corrected chi connectivity index (χ3v) is 4.63. The van der Waals surface area contributed by atoms with Gasteiger partial charge in [0.2, 0.25) is 5.91 Å². The molecule has 0 bridgehead atoms. The number of aromatic nitrogens is 3. The van der Waals surface area contributed by atoms with Crippen LogP contribution >= 0.6 is 0 Å². The van der Waals surface area contributed by atoms with Gasteiger partial charge in [0.25, 0.3) is 0 Å². The Morgan fingerprint density at radius 3 is 2.84 bits per heavy atom. The second-order valence-corrected chi connectivity index (χ2v) is 6.53. The fourth-order valence-corrected chi connectivity index (χ4v) is 3.21. The minimum atomic E-state index is -0.146. The first-order valence-corrected chi connectivity index (χ1v) is 8.88. The normalized spacial score (nSPS) is 14.9. The highest BCUT2D eigenvalue weighted by Gasteiger charge is 2.20. The Bertz CT molecular complexity index is 772. The van der Waals surface area contributed by atoms with Gasteiger partial charge in [-0.15, -0.1) is 10.2 Å². The van der Waals surface area contributed by atoms with Crippen molar-refractivity contribution in [2.24, 2.45) is 0 Å². The highest BCUT2D eigenvalue weighted by molar-refractivity contribution is 5.76. The van der Waals surface area contributed by atoms with Crippen molar-refractivity contribution in [3.05, 3.63) is 47.0 Å². The standard InChI is InChI=1S/C19H23N5O/c1-14(19-23-22-17-5-3-2-4-12-24(17)19)21-18(25)11-10-15-6-8-16(13-20)9-7-15/h6-9,14H,2-5,10-12H2,1H3,(H,21,25)/t14-/m1/s1. The molecule has 3 rings (SSSR count).